The monoisotopic (exact) mass is 405 g/mol. The van der Waals surface area contributed by atoms with Crippen LogP contribution in [0.25, 0.3) is 0 Å². The van der Waals surface area contributed by atoms with Gasteiger partial charge in [-0.25, -0.2) is 16.8 Å². The predicted octanol–water partition coefficient (Wildman–Crippen LogP) is 0.877. The van der Waals surface area contributed by atoms with E-state index in [1.54, 1.807) is 33.1 Å². The van der Waals surface area contributed by atoms with E-state index in [4.69, 9.17) is 9.47 Å². The third-order valence-electron chi connectivity index (χ3n) is 4.63. The Morgan fingerprint density at radius 3 is 2.46 bits per heavy atom. The van der Waals surface area contributed by atoms with E-state index in [1.165, 1.54) is 7.11 Å². The Morgan fingerprint density at radius 2 is 1.85 bits per heavy atom. The van der Waals surface area contributed by atoms with Crippen LogP contribution in [-0.2, 0) is 24.4 Å². The van der Waals surface area contributed by atoms with Crippen molar-refractivity contribution < 1.29 is 26.3 Å². The highest BCUT2D eigenvalue weighted by Crippen LogP contribution is 2.31. The number of sulfone groups is 2. The van der Waals surface area contributed by atoms with Crippen LogP contribution in [0.2, 0.25) is 0 Å². The van der Waals surface area contributed by atoms with E-state index >= 15 is 0 Å². The lowest BCUT2D eigenvalue weighted by Gasteiger charge is -2.21. The fourth-order valence-electron chi connectivity index (χ4n) is 3.27. The molecule has 0 spiro atoms. The van der Waals surface area contributed by atoms with Gasteiger partial charge in [0.25, 0.3) is 0 Å². The van der Waals surface area contributed by atoms with Crippen molar-refractivity contribution in [2.45, 2.75) is 36.5 Å². The van der Waals surface area contributed by atoms with Gasteiger partial charge in [0, 0.05) is 19.8 Å². The van der Waals surface area contributed by atoms with Crippen LogP contribution in [0.15, 0.2) is 17.0 Å². The number of hydrogen-bond acceptors (Lipinski definition) is 7. The number of rotatable bonds is 8. The van der Waals surface area contributed by atoms with Gasteiger partial charge in [-0.3, -0.25) is 0 Å². The molecule has 1 heterocycles. The summed E-state index contributed by atoms with van der Waals surface area (Å²) in [6, 6.07) is 2.62. The van der Waals surface area contributed by atoms with Crippen molar-refractivity contribution in [2.75, 3.05) is 38.9 Å². The molecule has 2 atom stereocenters. The molecule has 148 valence electrons. The third kappa shape index (κ3) is 4.57. The second-order valence-corrected chi connectivity index (χ2v) is 10.9. The van der Waals surface area contributed by atoms with Crippen LogP contribution < -0.4 is 10.1 Å². The van der Waals surface area contributed by atoms with Crippen molar-refractivity contribution in [3.63, 3.8) is 0 Å². The lowest BCUT2D eigenvalue weighted by molar-refractivity contribution is 0.193. The molecule has 1 aliphatic heterocycles. The third-order valence-corrected chi connectivity index (χ3v) is 8.92. The van der Waals surface area contributed by atoms with Crippen molar-refractivity contribution in [1.82, 2.24) is 5.32 Å². The first-order valence-electron chi connectivity index (χ1n) is 8.44. The Hall–Kier alpha value is -1.16. The molecule has 0 bridgehead atoms. The van der Waals surface area contributed by atoms with E-state index in [0.29, 0.717) is 36.4 Å². The van der Waals surface area contributed by atoms with Gasteiger partial charge >= 0.3 is 0 Å². The van der Waals surface area contributed by atoms with Crippen LogP contribution in [0.1, 0.15) is 17.5 Å². The maximum atomic E-state index is 13.2. The standard InChI is InChI=1S/C17H27NO6S2/c1-12-9-16(13(2)8-15(12)24-4)26(21,22)17-11-25(19,20)10-14(17)18-6-5-7-23-3/h8-9,14,17-18H,5-7,10-11H2,1-4H3/t14-,17-/m0/s1. The fourth-order valence-corrected chi connectivity index (χ4v) is 8.29. The normalized spacial score (nSPS) is 22.5. The topological polar surface area (TPSA) is 98.8 Å². The molecule has 1 aromatic rings. The minimum absolute atomic E-state index is 0.168. The summed E-state index contributed by atoms with van der Waals surface area (Å²) in [6.45, 7) is 4.49. The second kappa shape index (κ2) is 8.24. The van der Waals surface area contributed by atoms with Gasteiger partial charge in [-0.2, -0.15) is 0 Å². The van der Waals surface area contributed by atoms with E-state index in [0.717, 1.165) is 0 Å². The SMILES string of the molecule is COCCCN[C@H]1CS(=O)(=O)C[C@@H]1S(=O)(=O)c1cc(C)c(OC)cc1C. The first kappa shape index (κ1) is 21.1. The van der Waals surface area contributed by atoms with Crippen LogP contribution in [0.5, 0.6) is 5.75 Å². The lowest BCUT2D eigenvalue weighted by Crippen LogP contribution is -2.44. The Kier molecular flexibility index (Phi) is 6.70. The van der Waals surface area contributed by atoms with Crippen molar-refractivity contribution in [3.8, 4) is 5.75 Å². The van der Waals surface area contributed by atoms with Gasteiger partial charge in [-0.05, 0) is 50.1 Å². The maximum absolute atomic E-state index is 13.2. The summed E-state index contributed by atoms with van der Waals surface area (Å²) in [6.07, 6.45) is 0.681. The summed E-state index contributed by atoms with van der Waals surface area (Å²) < 4.78 is 60.9. The van der Waals surface area contributed by atoms with E-state index in [-0.39, 0.29) is 16.4 Å². The Labute approximate surface area is 155 Å². The first-order valence-corrected chi connectivity index (χ1v) is 11.8. The zero-order chi connectivity index (χ0) is 19.5. The minimum atomic E-state index is -3.81. The Morgan fingerprint density at radius 1 is 1.15 bits per heavy atom. The minimum Gasteiger partial charge on any atom is -0.496 e. The number of hydrogen-bond donors (Lipinski definition) is 1. The zero-order valence-electron chi connectivity index (χ0n) is 15.6. The summed E-state index contributed by atoms with van der Waals surface area (Å²) in [4.78, 5) is 0.168. The Bertz CT molecular complexity index is 848. The zero-order valence-corrected chi connectivity index (χ0v) is 17.2. The molecule has 1 fully saturated rings. The smallest absolute Gasteiger partial charge is 0.184 e. The highest BCUT2D eigenvalue weighted by molar-refractivity contribution is 7.96. The molecule has 1 saturated heterocycles. The molecular formula is C17H27NO6S2. The fraction of sp³-hybridized carbons (Fsp3) is 0.647. The highest BCUT2D eigenvalue weighted by Gasteiger charge is 2.46. The number of aryl methyl sites for hydroxylation is 2. The summed E-state index contributed by atoms with van der Waals surface area (Å²) in [5, 5.41) is 2.09. The average molecular weight is 406 g/mol. The molecule has 2 rings (SSSR count). The summed E-state index contributed by atoms with van der Waals surface area (Å²) >= 11 is 0. The van der Waals surface area contributed by atoms with E-state index < -0.39 is 31.0 Å². The summed E-state index contributed by atoms with van der Waals surface area (Å²) in [5.74, 6) is 0.0783. The summed E-state index contributed by atoms with van der Waals surface area (Å²) in [7, 11) is -4.11. The van der Waals surface area contributed by atoms with Crippen molar-refractivity contribution in [3.05, 3.63) is 23.3 Å². The van der Waals surface area contributed by atoms with E-state index in [9.17, 15) is 16.8 Å². The van der Waals surface area contributed by atoms with E-state index in [2.05, 4.69) is 5.32 Å². The van der Waals surface area contributed by atoms with Crippen LogP contribution in [0, 0.1) is 13.8 Å². The molecule has 1 aromatic carbocycles. The highest BCUT2D eigenvalue weighted by atomic mass is 32.2. The molecule has 0 radical (unpaired) electrons. The van der Waals surface area contributed by atoms with Gasteiger partial charge in [0.1, 0.15) is 5.75 Å². The van der Waals surface area contributed by atoms with Gasteiger partial charge < -0.3 is 14.8 Å². The molecule has 9 heteroatoms. The van der Waals surface area contributed by atoms with Crippen molar-refractivity contribution >= 4 is 19.7 Å². The molecule has 0 aliphatic carbocycles. The van der Waals surface area contributed by atoms with Crippen LogP contribution >= 0.6 is 0 Å². The van der Waals surface area contributed by atoms with Crippen LogP contribution in [0.3, 0.4) is 0 Å². The van der Waals surface area contributed by atoms with Crippen LogP contribution in [0.4, 0.5) is 0 Å². The maximum Gasteiger partial charge on any atom is 0.184 e. The average Bonchev–Trinajstić information content (AvgIpc) is 2.88. The molecule has 0 amide bonds. The Balaban J connectivity index is 2.34. The number of methoxy groups -OCH3 is 2. The molecular weight excluding hydrogens is 378 g/mol. The number of ether oxygens (including phenoxy) is 2. The molecule has 0 aromatic heterocycles. The van der Waals surface area contributed by atoms with Gasteiger partial charge in [-0.1, -0.05) is 0 Å². The number of benzene rings is 1. The molecule has 7 nitrogen and oxygen atoms in total. The molecule has 26 heavy (non-hydrogen) atoms. The van der Waals surface area contributed by atoms with Gasteiger partial charge in [0.05, 0.1) is 28.8 Å². The largest absolute Gasteiger partial charge is 0.496 e. The number of nitrogens with one attached hydrogen (secondary N) is 1. The molecule has 1 N–H and O–H groups in total. The second-order valence-electron chi connectivity index (χ2n) is 6.65. The van der Waals surface area contributed by atoms with Gasteiger partial charge in [0.15, 0.2) is 19.7 Å². The van der Waals surface area contributed by atoms with Gasteiger partial charge in [0.2, 0.25) is 0 Å². The van der Waals surface area contributed by atoms with Gasteiger partial charge in [-0.15, -0.1) is 0 Å². The molecule has 0 saturated carbocycles. The van der Waals surface area contributed by atoms with Crippen LogP contribution in [-0.4, -0.2) is 67.0 Å². The first-order chi connectivity index (χ1) is 12.1. The predicted molar refractivity (Wildman–Crippen MR) is 100 cm³/mol. The lowest BCUT2D eigenvalue weighted by atomic mass is 10.1. The van der Waals surface area contributed by atoms with Crippen molar-refractivity contribution in [2.24, 2.45) is 0 Å². The van der Waals surface area contributed by atoms with Crippen molar-refractivity contribution in [1.29, 1.82) is 0 Å². The summed E-state index contributed by atoms with van der Waals surface area (Å²) in [5.41, 5.74) is 1.25. The quantitative estimate of drug-likeness (QED) is 0.641. The molecule has 0 unspecified atom stereocenters. The molecule has 1 aliphatic rings. The van der Waals surface area contributed by atoms with E-state index in [1.807, 2.05) is 0 Å².